The molecule has 1 amide bonds. The number of hydrogen-bond donors (Lipinski definition) is 12. The molecular formula is C86H165NO18. The van der Waals surface area contributed by atoms with Gasteiger partial charge >= 0.3 is 0 Å². The Morgan fingerprint density at radius 3 is 0.895 bits per heavy atom. The number of carbonyl (C=O) groups is 1. The number of nitrogens with one attached hydrogen (secondary N) is 1. The Morgan fingerprint density at radius 2 is 0.590 bits per heavy atom. The predicted octanol–water partition coefficient (Wildman–Crippen LogP) is 16.3. The van der Waals surface area contributed by atoms with Crippen LogP contribution in [0.5, 0.6) is 0 Å². The first-order valence-electron chi connectivity index (χ1n) is 44.4. The van der Waals surface area contributed by atoms with Gasteiger partial charge in [-0.1, -0.05) is 386 Å². The van der Waals surface area contributed by atoms with Gasteiger partial charge in [-0.3, -0.25) is 4.79 Å². The van der Waals surface area contributed by atoms with Gasteiger partial charge in [0.25, 0.3) is 0 Å². The van der Waals surface area contributed by atoms with Gasteiger partial charge in [0.05, 0.1) is 38.6 Å². The number of amides is 1. The van der Waals surface area contributed by atoms with Crippen molar-refractivity contribution in [1.82, 2.24) is 5.32 Å². The molecule has 3 heterocycles. The Bertz CT molecular complexity index is 1940. The number of rotatable bonds is 73. The average molecular weight is 1500 g/mol. The molecule has 622 valence electrons. The number of hydrogen-bond acceptors (Lipinski definition) is 18. The molecule has 17 atom stereocenters. The van der Waals surface area contributed by atoms with Crippen molar-refractivity contribution in [3.8, 4) is 0 Å². The maximum Gasteiger partial charge on any atom is 0.220 e. The molecule has 3 rings (SSSR count). The summed E-state index contributed by atoms with van der Waals surface area (Å²) >= 11 is 0. The SMILES string of the molecule is CCCCCCCCCCCCCCCCCCCCCCC/C=C/C(O)C(COC1OC(CO)C(OC2OC(CO)C(OC3OC(CO)C(O)C(O)C3O)C(O)C2O)C(O)C1O)NC(=O)CCCCCCCCCCCCCCCCCCCCCCCCCCCCCCCCCCCCCCC. The first kappa shape index (κ1) is 97.7. The summed E-state index contributed by atoms with van der Waals surface area (Å²) in [6.45, 7) is 1.81. The Kier molecular flexibility index (Phi) is 62.4. The second-order valence-electron chi connectivity index (χ2n) is 32.1. The van der Waals surface area contributed by atoms with Gasteiger partial charge in [0.1, 0.15) is 73.2 Å². The number of ether oxygens (including phenoxy) is 6. The van der Waals surface area contributed by atoms with Crippen LogP contribution in [-0.4, -0.2) is 193 Å². The normalized spacial score (nSPS) is 25.7. The molecule has 17 unspecified atom stereocenters. The minimum Gasteiger partial charge on any atom is -0.394 e. The lowest BCUT2D eigenvalue weighted by molar-refractivity contribution is -0.379. The molecule has 3 saturated heterocycles. The van der Waals surface area contributed by atoms with Crippen LogP contribution in [0.4, 0.5) is 0 Å². The van der Waals surface area contributed by atoms with Crippen molar-refractivity contribution in [3.05, 3.63) is 12.2 Å². The Labute approximate surface area is 639 Å². The van der Waals surface area contributed by atoms with Gasteiger partial charge in [-0.2, -0.15) is 0 Å². The number of aliphatic hydroxyl groups excluding tert-OH is 11. The molecule has 0 spiro atoms. The van der Waals surface area contributed by atoms with E-state index in [1.165, 1.54) is 327 Å². The Morgan fingerprint density at radius 1 is 0.333 bits per heavy atom. The van der Waals surface area contributed by atoms with Crippen molar-refractivity contribution < 1.29 is 89.4 Å². The summed E-state index contributed by atoms with van der Waals surface area (Å²) in [6.07, 6.45) is 55.2. The molecule has 3 fully saturated rings. The molecule has 3 aliphatic heterocycles. The molecule has 0 saturated carbocycles. The molecular weight excluding hydrogens is 1330 g/mol. The third kappa shape index (κ3) is 46.3. The van der Waals surface area contributed by atoms with Crippen molar-refractivity contribution in [3.63, 3.8) is 0 Å². The highest BCUT2D eigenvalue weighted by Crippen LogP contribution is 2.34. The minimum absolute atomic E-state index is 0.250. The smallest absolute Gasteiger partial charge is 0.220 e. The van der Waals surface area contributed by atoms with Gasteiger partial charge in [-0.15, -0.1) is 0 Å². The largest absolute Gasteiger partial charge is 0.394 e. The zero-order valence-corrected chi connectivity index (χ0v) is 67.0. The fraction of sp³-hybridized carbons (Fsp3) is 0.965. The quantitative estimate of drug-likeness (QED) is 0.0199. The van der Waals surface area contributed by atoms with E-state index in [1.807, 2.05) is 6.08 Å². The first-order valence-corrected chi connectivity index (χ1v) is 44.4. The van der Waals surface area contributed by atoms with E-state index in [-0.39, 0.29) is 18.9 Å². The maximum atomic E-state index is 13.5. The summed E-state index contributed by atoms with van der Waals surface area (Å²) < 4.78 is 34.5. The Hall–Kier alpha value is -1.47. The van der Waals surface area contributed by atoms with Gasteiger partial charge in [0, 0.05) is 6.42 Å². The highest BCUT2D eigenvalue weighted by molar-refractivity contribution is 5.76. The fourth-order valence-corrected chi connectivity index (χ4v) is 15.5. The lowest BCUT2D eigenvalue weighted by atomic mass is 9.96. The predicted molar refractivity (Wildman–Crippen MR) is 420 cm³/mol. The summed E-state index contributed by atoms with van der Waals surface area (Å²) in [4.78, 5) is 13.5. The van der Waals surface area contributed by atoms with Crippen molar-refractivity contribution in [2.24, 2.45) is 0 Å². The van der Waals surface area contributed by atoms with Crippen LogP contribution in [0, 0.1) is 0 Å². The zero-order chi connectivity index (χ0) is 76.0. The molecule has 0 aliphatic carbocycles. The molecule has 19 heteroatoms. The molecule has 3 aliphatic rings. The van der Waals surface area contributed by atoms with E-state index in [0.717, 1.165) is 44.9 Å². The molecule has 105 heavy (non-hydrogen) atoms. The van der Waals surface area contributed by atoms with Gasteiger partial charge in [-0.05, 0) is 19.3 Å². The van der Waals surface area contributed by atoms with Crippen LogP contribution in [0.2, 0.25) is 0 Å². The number of allylic oxidation sites excluding steroid dienone is 1. The van der Waals surface area contributed by atoms with E-state index in [2.05, 4.69) is 19.2 Å². The molecule has 0 aromatic heterocycles. The van der Waals surface area contributed by atoms with E-state index >= 15 is 0 Å². The highest BCUT2D eigenvalue weighted by atomic mass is 16.8. The zero-order valence-electron chi connectivity index (χ0n) is 67.0. The Balaban J connectivity index is 1.31. The van der Waals surface area contributed by atoms with Crippen molar-refractivity contribution in [2.45, 2.75) is 503 Å². The summed E-state index contributed by atoms with van der Waals surface area (Å²) in [7, 11) is 0. The highest BCUT2D eigenvalue weighted by Gasteiger charge is 2.54. The number of carbonyl (C=O) groups excluding carboxylic acids is 1. The van der Waals surface area contributed by atoms with Gasteiger partial charge < -0.3 is 89.9 Å². The lowest BCUT2D eigenvalue weighted by Gasteiger charge is -2.48. The standard InChI is InChI=1S/C86H165NO18/c1-3-5-7-9-11-13-15-17-19-21-23-25-27-28-29-30-31-32-33-34-35-36-37-38-39-40-42-44-46-48-50-52-54-56-58-60-62-64-74(92)87-69(70(91)63-61-59-57-55-53-51-49-47-45-43-41-26-24-22-20-18-16-14-12-10-8-6-4-2)68-100-84-80(98)77(95)82(72(66-89)102-84)105-86-81(99)78(96)83(73(67-90)103-86)104-85-79(97)76(94)75(93)71(65-88)101-85/h61,63,69-73,75-86,88-91,93-99H,3-60,62,64-68H2,1-2H3,(H,87,92)/b63-61+. The van der Waals surface area contributed by atoms with Crippen LogP contribution in [-0.2, 0) is 33.2 Å². The first-order chi connectivity index (χ1) is 51.3. The third-order valence-corrected chi connectivity index (χ3v) is 22.6. The van der Waals surface area contributed by atoms with Crippen LogP contribution in [0.1, 0.15) is 399 Å². The summed E-state index contributed by atoms with van der Waals surface area (Å²) in [5.41, 5.74) is 0. The topological polar surface area (TPSA) is 307 Å². The molecule has 19 nitrogen and oxygen atoms in total. The fourth-order valence-electron chi connectivity index (χ4n) is 15.5. The molecule has 0 aromatic carbocycles. The molecule has 0 bridgehead atoms. The van der Waals surface area contributed by atoms with E-state index in [4.69, 9.17) is 28.4 Å². The van der Waals surface area contributed by atoms with Crippen LogP contribution in [0.3, 0.4) is 0 Å². The second kappa shape index (κ2) is 67.1. The van der Waals surface area contributed by atoms with Crippen LogP contribution in [0.15, 0.2) is 12.2 Å². The van der Waals surface area contributed by atoms with Crippen molar-refractivity contribution in [2.75, 3.05) is 26.4 Å². The maximum absolute atomic E-state index is 13.5. The number of aliphatic hydroxyl groups is 11. The van der Waals surface area contributed by atoms with Gasteiger partial charge in [-0.25, -0.2) is 0 Å². The third-order valence-electron chi connectivity index (χ3n) is 22.6. The number of unbranched alkanes of at least 4 members (excludes halogenated alkanes) is 57. The van der Waals surface area contributed by atoms with Gasteiger partial charge in [0.2, 0.25) is 5.91 Å². The summed E-state index contributed by atoms with van der Waals surface area (Å²) in [6, 6.07) is -0.971. The second-order valence-corrected chi connectivity index (χ2v) is 32.1. The molecule has 12 N–H and O–H groups in total. The lowest BCUT2D eigenvalue weighted by Crippen LogP contribution is -2.66. The summed E-state index contributed by atoms with van der Waals surface area (Å²) in [5.74, 6) is -0.265. The van der Waals surface area contributed by atoms with Crippen LogP contribution in [0.25, 0.3) is 0 Å². The average Bonchev–Trinajstić information content (AvgIpc) is 0.781. The van der Waals surface area contributed by atoms with Crippen molar-refractivity contribution in [1.29, 1.82) is 0 Å². The minimum atomic E-state index is -1.98. The molecule has 0 aromatic rings. The monoisotopic (exact) mass is 1500 g/mol. The van der Waals surface area contributed by atoms with Crippen LogP contribution < -0.4 is 5.32 Å². The van der Waals surface area contributed by atoms with E-state index in [1.54, 1.807) is 6.08 Å². The van der Waals surface area contributed by atoms with Crippen molar-refractivity contribution >= 4 is 5.91 Å². The van der Waals surface area contributed by atoms with E-state index < -0.39 is 124 Å². The van der Waals surface area contributed by atoms with E-state index in [9.17, 15) is 61.0 Å². The molecule has 0 radical (unpaired) electrons. The summed E-state index contributed by atoms with van der Waals surface area (Å²) in [5, 5.41) is 121. The van der Waals surface area contributed by atoms with Crippen LogP contribution >= 0.6 is 0 Å². The van der Waals surface area contributed by atoms with E-state index in [0.29, 0.717) is 6.42 Å². The van der Waals surface area contributed by atoms with Gasteiger partial charge in [0.15, 0.2) is 18.9 Å².